The summed E-state index contributed by atoms with van der Waals surface area (Å²) in [5.41, 5.74) is 0. The van der Waals surface area contributed by atoms with E-state index in [1.807, 2.05) is 0 Å². The third-order valence-corrected chi connectivity index (χ3v) is 4.32. The summed E-state index contributed by atoms with van der Waals surface area (Å²) < 4.78 is 32.5. The molecule has 0 aromatic heterocycles. The Kier molecular flexibility index (Phi) is 4.98. The van der Waals surface area contributed by atoms with Gasteiger partial charge < -0.3 is 14.8 Å². The maximum atomic E-state index is 11.2. The molecular weight excluding hydrogens is 218 g/mol. The van der Waals surface area contributed by atoms with Gasteiger partial charge in [-0.1, -0.05) is 0 Å². The van der Waals surface area contributed by atoms with Crippen molar-refractivity contribution in [2.24, 2.45) is 0 Å². The SMILES string of the molecule is COCC(CNC1CCS(=O)(=O)C1)OC. The predicted octanol–water partition coefficient (Wildman–Crippen LogP) is -0.575. The molecule has 0 aliphatic carbocycles. The Morgan fingerprint density at radius 2 is 2.20 bits per heavy atom. The van der Waals surface area contributed by atoms with E-state index in [1.165, 1.54) is 0 Å². The first-order valence-corrected chi connectivity index (χ1v) is 6.85. The van der Waals surface area contributed by atoms with E-state index in [4.69, 9.17) is 9.47 Å². The summed E-state index contributed by atoms with van der Waals surface area (Å²) in [7, 11) is 0.442. The zero-order valence-corrected chi connectivity index (χ0v) is 10.0. The molecule has 1 N–H and O–H groups in total. The Hall–Kier alpha value is -0.170. The fourth-order valence-electron chi connectivity index (χ4n) is 1.65. The molecule has 1 aliphatic rings. The molecule has 90 valence electrons. The third kappa shape index (κ3) is 4.46. The summed E-state index contributed by atoms with van der Waals surface area (Å²) >= 11 is 0. The molecule has 2 unspecified atom stereocenters. The van der Waals surface area contributed by atoms with E-state index in [1.54, 1.807) is 14.2 Å². The standard InChI is InChI=1S/C9H19NO4S/c1-13-6-9(14-2)5-10-8-3-4-15(11,12)7-8/h8-10H,3-7H2,1-2H3. The molecule has 6 heteroatoms. The van der Waals surface area contributed by atoms with Crippen LogP contribution >= 0.6 is 0 Å². The van der Waals surface area contributed by atoms with Crippen molar-refractivity contribution in [2.75, 3.05) is 38.9 Å². The van der Waals surface area contributed by atoms with Crippen molar-refractivity contribution in [2.45, 2.75) is 18.6 Å². The topological polar surface area (TPSA) is 64.6 Å². The molecule has 0 spiro atoms. The molecule has 0 aromatic rings. The number of sulfone groups is 1. The molecule has 0 bridgehead atoms. The highest BCUT2D eigenvalue weighted by Crippen LogP contribution is 2.11. The molecule has 15 heavy (non-hydrogen) atoms. The van der Waals surface area contributed by atoms with Gasteiger partial charge in [0.15, 0.2) is 9.84 Å². The quantitative estimate of drug-likeness (QED) is 0.670. The molecule has 1 saturated heterocycles. The Balaban J connectivity index is 2.25. The van der Waals surface area contributed by atoms with Crippen molar-refractivity contribution in [3.05, 3.63) is 0 Å². The van der Waals surface area contributed by atoms with Crippen molar-refractivity contribution in [1.29, 1.82) is 0 Å². The first-order chi connectivity index (χ1) is 7.07. The van der Waals surface area contributed by atoms with Crippen molar-refractivity contribution in [3.8, 4) is 0 Å². The van der Waals surface area contributed by atoms with Gasteiger partial charge in [-0.25, -0.2) is 8.42 Å². The van der Waals surface area contributed by atoms with Crippen LogP contribution in [0.15, 0.2) is 0 Å². The average Bonchev–Trinajstić information content (AvgIpc) is 2.53. The highest BCUT2D eigenvalue weighted by molar-refractivity contribution is 7.91. The van der Waals surface area contributed by atoms with Gasteiger partial charge in [0, 0.05) is 26.8 Å². The molecule has 5 nitrogen and oxygen atoms in total. The maximum Gasteiger partial charge on any atom is 0.151 e. The Bertz CT molecular complexity index is 278. The monoisotopic (exact) mass is 237 g/mol. The van der Waals surface area contributed by atoms with Crippen LogP contribution in [0.2, 0.25) is 0 Å². The van der Waals surface area contributed by atoms with Crippen molar-refractivity contribution in [3.63, 3.8) is 0 Å². The lowest BCUT2D eigenvalue weighted by Crippen LogP contribution is -2.38. The number of nitrogens with one attached hydrogen (secondary N) is 1. The van der Waals surface area contributed by atoms with Crippen LogP contribution in [0.4, 0.5) is 0 Å². The van der Waals surface area contributed by atoms with E-state index >= 15 is 0 Å². The van der Waals surface area contributed by atoms with Gasteiger partial charge in [-0.3, -0.25) is 0 Å². The zero-order valence-electron chi connectivity index (χ0n) is 9.23. The van der Waals surface area contributed by atoms with Crippen LogP contribution in [0, 0.1) is 0 Å². The minimum Gasteiger partial charge on any atom is -0.382 e. The smallest absolute Gasteiger partial charge is 0.151 e. The summed E-state index contributed by atoms with van der Waals surface area (Å²) in [6.45, 7) is 1.15. The number of methoxy groups -OCH3 is 2. The number of hydrogen-bond donors (Lipinski definition) is 1. The van der Waals surface area contributed by atoms with Gasteiger partial charge in [0.1, 0.15) is 0 Å². The highest BCUT2D eigenvalue weighted by atomic mass is 32.2. The van der Waals surface area contributed by atoms with Gasteiger partial charge >= 0.3 is 0 Å². The lowest BCUT2D eigenvalue weighted by atomic mass is 10.2. The number of hydrogen-bond acceptors (Lipinski definition) is 5. The first kappa shape index (κ1) is 12.9. The van der Waals surface area contributed by atoms with E-state index in [0.717, 1.165) is 0 Å². The average molecular weight is 237 g/mol. The van der Waals surface area contributed by atoms with E-state index in [-0.39, 0.29) is 17.9 Å². The molecule has 1 fully saturated rings. The number of rotatable bonds is 6. The van der Waals surface area contributed by atoms with Crippen LogP contribution < -0.4 is 5.32 Å². The van der Waals surface area contributed by atoms with Crippen LogP contribution in [-0.2, 0) is 19.3 Å². The van der Waals surface area contributed by atoms with Crippen molar-refractivity contribution in [1.82, 2.24) is 5.32 Å². The van der Waals surface area contributed by atoms with Crippen LogP contribution in [0.3, 0.4) is 0 Å². The first-order valence-electron chi connectivity index (χ1n) is 5.03. The molecule has 1 rings (SSSR count). The van der Waals surface area contributed by atoms with Gasteiger partial charge in [-0.15, -0.1) is 0 Å². The Labute approximate surface area is 91.1 Å². The lowest BCUT2D eigenvalue weighted by Gasteiger charge is -2.17. The second kappa shape index (κ2) is 5.79. The third-order valence-electron chi connectivity index (χ3n) is 2.55. The van der Waals surface area contributed by atoms with Gasteiger partial charge in [-0.2, -0.15) is 0 Å². The van der Waals surface area contributed by atoms with Crippen LogP contribution in [0.25, 0.3) is 0 Å². The second-order valence-electron chi connectivity index (χ2n) is 3.82. The van der Waals surface area contributed by atoms with Gasteiger partial charge in [0.25, 0.3) is 0 Å². The van der Waals surface area contributed by atoms with E-state index in [0.29, 0.717) is 25.3 Å². The fourth-order valence-corrected chi connectivity index (χ4v) is 3.36. The number of ether oxygens (including phenoxy) is 2. The molecular formula is C9H19NO4S. The fraction of sp³-hybridized carbons (Fsp3) is 1.00. The molecule has 0 aromatic carbocycles. The molecule has 0 amide bonds. The maximum absolute atomic E-state index is 11.2. The minimum atomic E-state index is -2.80. The van der Waals surface area contributed by atoms with Crippen molar-refractivity contribution < 1.29 is 17.9 Å². The highest BCUT2D eigenvalue weighted by Gasteiger charge is 2.27. The van der Waals surface area contributed by atoms with Gasteiger partial charge in [-0.05, 0) is 6.42 Å². The van der Waals surface area contributed by atoms with Gasteiger partial charge in [0.05, 0.1) is 24.2 Å². The second-order valence-corrected chi connectivity index (χ2v) is 6.05. The largest absolute Gasteiger partial charge is 0.382 e. The van der Waals surface area contributed by atoms with Crippen LogP contribution in [0.5, 0.6) is 0 Å². The normalized spacial score (nSPS) is 26.7. The van der Waals surface area contributed by atoms with Gasteiger partial charge in [0.2, 0.25) is 0 Å². The molecule has 0 radical (unpaired) electrons. The van der Waals surface area contributed by atoms with E-state index < -0.39 is 9.84 Å². The van der Waals surface area contributed by atoms with Crippen molar-refractivity contribution >= 4 is 9.84 Å². The summed E-state index contributed by atoms with van der Waals surface area (Å²) in [5, 5.41) is 3.19. The molecule has 1 heterocycles. The summed E-state index contributed by atoms with van der Waals surface area (Å²) in [6.07, 6.45) is 0.685. The Morgan fingerprint density at radius 1 is 1.47 bits per heavy atom. The van der Waals surface area contributed by atoms with E-state index in [2.05, 4.69) is 5.32 Å². The summed E-state index contributed by atoms with van der Waals surface area (Å²) in [6, 6.07) is 0.0736. The lowest BCUT2D eigenvalue weighted by molar-refractivity contribution is 0.0278. The summed E-state index contributed by atoms with van der Waals surface area (Å²) in [4.78, 5) is 0. The molecule has 2 atom stereocenters. The van der Waals surface area contributed by atoms with Crippen LogP contribution in [0.1, 0.15) is 6.42 Å². The zero-order chi connectivity index (χ0) is 11.3. The predicted molar refractivity (Wildman–Crippen MR) is 57.7 cm³/mol. The minimum absolute atomic E-state index is 0.0155. The molecule has 0 saturated carbocycles. The van der Waals surface area contributed by atoms with E-state index in [9.17, 15) is 8.42 Å². The molecule has 1 aliphatic heterocycles. The summed E-state index contributed by atoms with van der Waals surface area (Å²) in [5.74, 6) is 0.545. The Morgan fingerprint density at radius 3 is 2.67 bits per heavy atom. The van der Waals surface area contributed by atoms with Crippen LogP contribution in [-0.4, -0.2) is 59.4 Å².